The molecule has 0 bridgehead atoms. The van der Waals surface area contributed by atoms with Crippen LogP contribution in [-0.2, 0) is 33.3 Å². The minimum Gasteiger partial charge on any atom is -0.497 e. The molecule has 0 radical (unpaired) electrons. The zero-order chi connectivity index (χ0) is 28.8. The molecule has 0 aliphatic carbocycles. The van der Waals surface area contributed by atoms with E-state index >= 15 is 0 Å². The SMILES string of the molecule is [2H]CC(=O)OC[C@H]1OC(n2cnc3c(C(=O)c4ccc(OC)cc4)ncnc32)[C@H](OC(=O)C[2H])[C@@H]1OC(=O)C[2H]. The zero-order valence-electron chi connectivity index (χ0n) is 22.6. The Labute approximate surface area is 214 Å². The second kappa shape index (κ2) is 10.7. The highest BCUT2D eigenvalue weighted by atomic mass is 16.7. The number of rotatable bonds is 8. The average molecular weight is 515 g/mol. The Morgan fingerprint density at radius 2 is 1.68 bits per heavy atom. The van der Waals surface area contributed by atoms with E-state index in [1.54, 1.807) is 24.3 Å². The van der Waals surface area contributed by atoms with Crippen LogP contribution in [0.2, 0.25) is 0 Å². The van der Waals surface area contributed by atoms with Crippen molar-refractivity contribution in [2.75, 3.05) is 13.7 Å². The summed E-state index contributed by atoms with van der Waals surface area (Å²) in [5.41, 5.74) is 0.498. The number of ether oxygens (including phenoxy) is 5. The summed E-state index contributed by atoms with van der Waals surface area (Å²) < 4.78 is 49.9. The number of nitrogens with zero attached hydrogens (tertiary/aromatic N) is 4. The molecule has 0 N–H and O–H groups in total. The quantitative estimate of drug-likeness (QED) is 0.241. The van der Waals surface area contributed by atoms with Crippen LogP contribution >= 0.6 is 0 Å². The molecule has 1 aromatic carbocycles. The molecule has 3 heterocycles. The molecule has 13 heteroatoms. The van der Waals surface area contributed by atoms with Gasteiger partial charge in [-0.1, -0.05) is 0 Å². The summed E-state index contributed by atoms with van der Waals surface area (Å²) in [5, 5.41) is 0. The molecule has 4 rings (SSSR count). The minimum absolute atomic E-state index is 0.0234. The normalized spacial score (nSPS) is 21.9. The largest absolute Gasteiger partial charge is 0.497 e. The van der Waals surface area contributed by atoms with Gasteiger partial charge in [0, 0.05) is 30.4 Å². The minimum atomic E-state index is -1.37. The lowest BCUT2D eigenvalue weighted by atomic mass is 10.1. The standard InChI is InChI=1S/C24H24N4O9/c1-12(29)34-9-17-21(35-13(2)30)22(36-14(3)31)24(37-17)28-11-27-19-18(25-10-26-23(19)28)20(32)15-5-7-16(33-4)8-6-15/h5-8,10-11,17,21-22,24H,9H2,1-4H3/t17-,21-,22-,24?/m1/s1/i1D,2D,3D. The van der Waals surface area contributed by atoms with Crippen LogP contribution in [0.4, 0.5) is 0 Å². The van der Waals surface area contributed by atoms with Gasteiger partial charge >= 0.3 is 17.9 Å². The second-order valence-corrected chi connectivity index (χ2v) is 7.76. The van der Waals surface area contributed by atoms with Crippen molar-refractivity contribution in [1.82, 2.24) is 19.5 Å². The van der Waals surface area contributed by atoms with Gasteiger partial charge in [0.1, 0.15) is 36.0 Å². The second-order valence-electron chi connectivity index (χ2n) is 7.76. The number of methoxy groups -OCH3 is 1. The highest BCUT2D eigenvalue weighted by Gasteiger charge is 2.51. The third kappa shape index (κ3) is 5.40. The van der Waals surface area contributed by atoms with Crippen molar-refractivity contribution >= 4 is 34.9 Å². The molecule has 1 unspecified atom stereocenters. The number of carbonyl (C=O) groups is 4. The number of esters is 3. The molecule has 4 atom stereocenters. The summed E-state index contributed by atoms with van der Waals surface area (Å²) in [6.45, 7) is -2.65. The molecule has 1 fully saturated rings. The number of hydrogen-bond acceptors (Lipinski definition) is 12. The predicted molar refractivity (Wildman–Crippen MR) is 123 cm³/mol. The van der Waals surface area contributed by atoms with Gasteiger partial charge in [0.25, 0.3) is 0 Å². The van der Waals surface area contributed by atoms with E-state index in [4.69, 9.17) is 27.8 Å². The third-order valence-corrected chi connectivity index (χ3v) is 5.43. The van der Waals surface area contributed by atoms with Gasteiger partial charge in [-0.15, -0.1) is 0 Å². The number of hydrogen-bond donors (Lipinski definition) is 0. The van der Waals surface area contributed by atoms with Gasteiger partial charge < -0.3 is 23.7 Å². The predicted octanol–water partition coefficient (Wildman–Crippen LogP) is 1.39. The maximum atomic E-state index is 13.2. The number of benzene rings is 1. The number of fused-ring (bicyclic) bond motifs is 1. The number of carbonyl (C=O) groups excluding carboxylic acids is 4. The fourth-order valence-corrected chi connectivity index (χ4v) is 3.90. The van der Waals surface area contributed by atoms with Crippen LogP contribution in [0.15, 0.2) is 36.9 Å². The lowest BCUT2D eigenvalue weighted by Crippen LogP contribution is -2.40. The van der Waals surface area contributed by atoms with Crippen molar-refractivity contribution in [3.8, 4) is 5.75 Å². The number of ketones is 1. The van der Waals surface area contributed by atoms with Crippen molar-refractivity contribution in [2.24, 2.45) is 0 Å². The smallest absolute Gasteiger partial charge is 0.303 e. The van der Waals surface area contributed by atoms with Crippen molar-refractivity contribution in [2.45, 2.75) is 45.2 Å². The fourth-order valence-electron chi connectivity index (χ4n) is 3.90. The van der Waals surface area contributed by atoms with E-state index in [0.717, 1.165) is 6.33 Å². The van der Waals surface area contributed by atoms with E-state index < -0.39 is 75.5 Å². The monoisotopic (exact) mass is 515 g/mol. The van der Waals surface area contributed by atoms with Crippen LogP contribution in [0.5, 0.6) is 5.75 Å². The molecular formula is C24H24N4O9. The summed E-state index contributed by atoms with van der Waals surface area (Å²) in [6, 6.07) is 6.37. The van der Waals surface area contributed by atoms with Crippen molar-refractivity contribution in [3.05, 3.63) is 48.2 Å². The van der Waals surface area contributed by atoms with E-state index in [9.17, 15) is 19.2 Å². The fraction of sp³-hybridized carbons (Fsp3) is 0.375. The Hall–Kier alpha value is -4.39. The third-order valence-electron chi connectivity index (χ3n) is 5.43. The molecular weight excluding hydrogens is 488 g/mol. The Balaban J connectivity index is 1.73. The van der Waals surface area contributed by atoms with Gasteiger partial charge in [-0.05, 0) is 24.3 Å². The van der Waals surface area contributed by atoms with E-state index in [-0.39, 0.29) is 16.9 Å². The van der Waals surface area contributed by atoms with E-state index in [0.29, 0.717) is 11.3 Å². The van der Waals surface area contributed by atoms with Gasteiger partial charge in [0.05, 0.1) is 13.4 Å². The topological polar surface area (TPSA) is 158 Å². The maximum Gasteiger partial charge on any atom is 0.303 e. The molecule has 2 aromatic heterocycles. The first kappa shape index (κ1) is 21.9. The number of imidazole rings is 1. The van der Waals surface area contributed by atoms with Gasteiger partial charge in [0.15, 0.2) is 24.1 Å². The lowest BCUT2D eigenvalue weighted by molar-refractivity contribution is -0.166. The van der Waals surface area contributed by atoms with Crippen LogP contribution in [0.25, 0.3) is 11.2 Å². The highest BCUT2D eigenvalue weighted by Crippen LogP contribution is 2.36. The Kier molecular flexibility index (Phi) is 6.32. The van der Waals surface area contributed by atoms with Crippen molar-refractivity contribution in [1.29, 1.82) is 0 Å². The van der Waals surface area contributed by atoms with Gasteiger partial charge in [-0.3, -0.25) is 23.7 Å². The summed E-state index contributed by atoms with van der Waals surface area (Å²) >= 11 is 0. The zero-order valence-corrected chi connectivity index (χ0v) is 19.6. The molecule has 1 saturated heterocycles. The first-order valence-corrected chi connectivity index (χ1v) is 10.7. The lowest BCUT2D eigenvalue weighted by Gasteiger charge is -2.23. The Bertz CT molecular complexity index is 1400. The molecule has 1 aliphatic heterocycles. The first-order chi connectivity index (χ1) is 19.3. The highest BCUT2D eigenvalue weighted by molar-refractivity contribution is 6.13. The van der Waals surface area contributed by atoms with E-state index in [2.05, 4.69) is 15.0 Å². The summed E-state index contributed by atoms with van der Waals surface area (Å²) in [5.74, 6) is -2.71. The molecule has 0 spiro atoms. The molecule has 0 saturated carbocycles. The molecule has 1 aliphatic rings. The van der Waals surface area contributed by atoms with Gasteiger partial charge in [0.2, 0.25) is 5.78 Å². The summed E-state index contributed by atoms with van der Waals surface area (Å²) in [4.78, 5) is 61.6. The maximum absolute atomic E-state index is 13.2. The molecule has 194 valence electrons. The molecule has 37 heavy (non-hydrogen) atoms. The average Bonchev–Trinajstić information content (AvgIpc) is 3.56. The summed E-state index contributed by atoms with van der Waals surface area (Å²) in [6.07, 6.45) is -2.76. The number of aromatic nitrogens is 4. The van der Waals surface area contributed by atoms with Crippen LogP contribution in [0.1, 0.15) is 47.1 Å². The first-order valence-electron chi connectivity index (χ1n) is 12.9. The van der Waals surface area contributed by atoms with Crippen LogP contribution < -0.4 is 4.74 Å². The Morgan fingerprint density at radius 1 is 0.973 bits per heavy atom. The van der Waals surface area contributed by atoms with E-state index in [1.807, 2.05) is 0 Å². The van der Waals surface area contributed by atoms with Crippen molar-refractivity contribution in [3.63, 3.8) is 0 Å². The van der Waals surface area contributed by atoms with Gasteiger partial charge in [-0.25, -0.2) is 15.0 Å². The van der Waals surface area contributed by atoms with Crippen LogP contribution in [0.3, 0.4) is 0 Å². The summed E-state index contributed by atoms with van der Waals surface area (Å²) in [7, 11) is 1.50. The van der Waals surface area contributed by atoms with Crippen LogP contribution in [0, 0.1) is 0 Å². The molecule has 13 nitrogen and oxygen atoms in total. The van der Waals surface area contributed by atoms with Crippen molar-refractivity contribution < 1.29 is 47.0 Å². The Morgan fingerprint density at radius 3 is 2.35 bits per heavy atom. The van der Waals surface area contributed by atoms with Crippen LogP contribution in [-0.4, -0.2) is 75.2 Å². The molecule has 3 aromatic rings. The van der Waals surface area contributed by atoms with E-state index in [1.165, 1.54) is 18.0 Å². The molecule has 0 amide bonds. The van der Waals surface area contributed by atoms with Gasteiger partial charge in [-0.2, -0.15) is 0 Å².